The van der Waals surface area contributed by atoms with E-state index in [0.717, 1.165) is 0 Å². The van der Waals surface area contributed by atoms with Gasteiger partial charge in [0.1, 0.15) is 5.75 Å². The molecule has 3 amide bonds. The largest absolute Gasteiger partial charge is 0.508 e. The molecular weight excluding hydrogens is 336 g/mol. The summed E-state index contributed by atoms with van der Waals surface area (Å²) in [4.78, 5) is 36.2. The maximum absolute atomic E-state index is 12.2. The van der Waals surface area contributed by atoms with Gasteiger partial charge in [-0.25, -0.2) is 14.8 Å². The first-order chi connectivity index (χ1) is 12.6. The average molecular weight is 356 g/mol. The third-order valence-corrected chi connectivity index (χ3v) is 3.93. The van der Waals surface area contributed by atoms with E-state index >= 15 is 0 Å². The number of carbonyl (C=O) groups excluding carboxylic acids is 2. The van der Waals surface area contributed by atoms with Gasteiger partial charge in [0.2, 0.25) is 11.9 Å². The number of hydrogen-bond acceptors (Lipinski definition) is 6. The summed E-state index contributed by atoms with van der Waals surface area (Å²) in [5, 5.41) is 14.6. The van der Waals surface area contributed by atoms with Gasteiger partial charge >= 0.3 is 6.03 Å². The van der Waals surface area contributed by atoms with Crippen molar-refractivity contribution in [1.82, 2.24) is 20.2 Å². The number of urea groups is 1. The van der Waals surface area contributed by atoms with Crippen LogP contribution in [0.2, 0.25) is 0 Å². The summed E-state index contributed by atoms with van der Waals surface area (Å²) < 4.78 is 0. The van der Waals surface area contributed by atoms with Gasteiger partial charge in [-0.05, 0) is 18.2 Å². The Morgan fingerprint density at radius 3 is 2.50 bits per heavy atom. The van der Waals surface area contributed by atoms with E-state index < -0.39 is 0 Å². The van der Waals surface area contributed by atoms with Crippen LogP contribution < -0.4 is 15.5 Å². The molecule has 1 aromatic carbocycles. The Kier molecular flexibility index (Phi) is 5.47. The number of anilines is 2. The topological polar surface area (TPSA) is 111 Å². The Labute approximate surface area is 150 Å². The molecule has 3 N–H and O–H groups in total. The first-order valence-electron chi connectivity index (χ1n) is 8.25. The van der Waals surface area contributed by atoms with E-state index in [-0.39, 0.29) is 24.2 Å². The Hall–Kier alpha value is -3.36. The molecular formula is C17H20N6O3. The second-order valence-electron chi connectivity index (χ2n) is 5.78. The third-order valence-electron chi connectivity index (χ3n) is 3.93. The number of rotatable bonds is 4. The number of aromatic hydroxyl groups is 1. The van der Waals surface area contributed by atoms with Gasteiger partial charge in [-0.15, -0.1) is 0 Å². The normalized spacial score (nSPS) is 14.0. The highest BCUT2D eigenvalue weighted by Crippen LogP contribution is 2.15. The molecule has 1 aliphatic rings. The third kappa shape index (κ3) is 4.59. The van der Waals surface area contributed by atoms with Crippen LogP contribution >= 0.6 is 0 Å². The number of hydrogen-bond donors (Lipinski definition) is 3. The second-order valence-corrected chi connectivity index (χ2v) is 5.78. The molecule has 0 saturated carbocycles. The van der Waals surface area contributed by atoms with Crippen molar-refractivity contribution in [2.24, 2.45) is 0 Å². The van der Waals surface area contributed by atoms with Gasteiger partial charge in [0.15, 0.2) is 0 Å². The molecule has 0 spiro atoms. The van der Waals surface area contributed by atoms with E-state index in [1.54, 1.807) is 35.5 Å². The highest BCUT2D eigenvalue weighted by Gasteiger charge is 2.22. The standard InChI is InChI=1S/C17H20N6O3/c24-14-4-1-3-13(11-14)21-15(25)12-20-17(26)23-9-7-22(8-10-23)16-18-5-2-6-19-16/h1-6,11,24H,7-10,12H2,(H,20,26)(H,21,25). The molecule has 9 nitrogen and oxygen atoms in total. The van der Waals surface area contributed by atoms with Gasteiger partial charge in [-0.3, -0.25) is 4.79 Å². The molecule has 0 bridgehead atoms. The van der Waals surface area contributed by atoms with E-state index in [0.29, 0.717) is 37.8 Å². The lowest BCUT2D eigenvalue weighted by Gasteiger charge is -2.34. The number of amides is 3. The molecule has 0 atom stereocenters. The molecule has 0 aliphatic carbocycles. The van der Waals surface area contributed by atoms with Crippen molar-refractivity contribution in [2.75, 3.05) is 42.9 Å². The van der Waals surface area contributed by atoms with Crippen molar-refractivity contribution >= 4 is 23.6 Å². The zero-order chi connectivity index (χ0) is 18.4. The van der Waals surface area contributed by atoms with Crippen LogP contribution in [0.1, 0.15) is 0 Å². The van der Waals surface area contributed by atoms with Crippen molar-refractivity contribution in [3.05, 3.63) is 42.7 Å². The second kappa shape index (κ2) is 8.15. The predicted molar refractivity (Wildman–Crippen MR) is 96.0 cm³/mol. The highest BCUT2D eigenvalue weighted by molar-refractivity contribution is 5.94. The fourth-order valence-corrected chi connectivity index (χ4v) is 2.62. The van der Waals surface area contributed by atoms with Gasteiger partial charge < -0.3 is 25.5 Å². The van der Waals surface area contributed by atoms with Crippen LogP contribution in [0.4, 0.5) is 16.4 Å². The van der Waals surface area contributed by atoms with Gasteiger partial charge in [0.05, 0.1) is 6.54 Å². The molecule has 1 aliphatic heterocycles. The summed E-state index contributed by atoms with van der Waals surface area (Å²) in [5.41, 5.74) is 0.473. The van der Waals surface area contributed by atoms with Crippen molar-refractivity contribution in [3.63, 3.8) is 0 Å². The van der Waals surface area contributed by atoms with Crippen LogP contribution in [-0.4, -0.2) is 64.6 Å². The summed E-state index contributed by atoms with van der Waals surface area (Å²) in [6.45, 7) is 2.17. The first-order valence-corrected chi connectivity index (χ1v) is 8.25. The van der Waals surface area contributed by atoms with Crippen LogP contribution in [0.25, 0.3) is 0 Å². The van der Waals surface area contributed by atoms with Gasteiger partial charge in [-0.2, -0.15) is 0 Å². The van der Waals surface area contributed by atoms with E-state index in [1.165, 1.54) is 12.1 Å². The van der Waals surface area contributed by atoms with E-state index in [2.05, 4.69) is 20.6 Å². The summed E-state index contributed by atoms with van der Waals surface area (Å²) in [5.74, 6) is 0.352. The van der Waals surface area contributed by atoms with Crippen LogP contribution in [0.5, 0.6) is 5.75 Å². The Morgan fingerprint density at radius 2 is 1.81 bits per heavy atom. The fourth-order valence-electron chi connectivity index (χ4n) is 2.62. The zero-order valence-corrected chi connectivity index (χ0v) is 14.1. The monoisotopic (exact) mass is 356 g/mol. The molecule has 0 radical (unpaired) electrons. The lowest BCUT2D eigenvalue weighted by molar-refractivity contribution is -0.115. The SMILES string of the molecule is O=C(CNC(=O)N1CCN(c2ncccn2)CC1)Nc1cccc(O)c1. The van der Waals surface area contributed by atoms with Gasteiger partial charge in [0, 0.05) is 50.3 Å². The average Bonchev–Trinajstić information content (AvgIpc) is 2.67. The Bertz CT molecular complexity index is 762. The summed E-state index contributed by atoms with van der Waals surface area (Å²) in [6, 6.07) is 7.70. The Balaban J connectivity index is 1.42. The number of nitrogens with zero attached hydrogens (tertiary/aromatic N) is 4. The lowest BCUT2D eigenvalue weighted by Crippen LogP contribution is -2.53. The number of aromatic nitrogens is 2. The highest BCUT2D eigenvalue weighted by atomic mass is 16.3. The summed E-state index contributed by atoms with van der Waals surface area (Å²) in [6.07, 6.45) is 3.37. The molecule has 26 heavy (non-hydrogen) atoms. The minimum atomic E-state index is -0.361. The zero-order valence-electron chi connectivity index (χ0n) is 14.1. The minimum absolute atomic E-state index is 0.0621. The van der Waals surface area contributed by atoms with Crippen molar-refractivity contribution in [1.29, 1.82) is 0 Å². The lowest BCUT2D eigenvalue weighted by atomic mass is 10.3. The van der Waals surface area contributed by atoms with E-state index in [9.17, 15) is 14.7 Å². The number of phenolic OH excluding ortho intramolecular Hbond substituents is 1. The van der Waals surface area contributed by atoms with Crippen molar-refractivity contribution < 1.29 is 14.7 Å². The molecule has 0 unspecified atom stereocenters. The number of nitrogens with one attached hydrogen (secondary N) is 2. The molecule has 1 fully saturated rings. The minimum Gasteiger partial charge on any atom is -0.508 e. The van der Waals surface area contributed by atoms with E-state index in [1.807, 2.05) is 4.90 Å². The maximum Gasteiger partial charge on any atom is 0.317 e. The van der Waals surface area contributed by atoms with Crippen molar-refractivity contribution in [3.8, 4) is 5.75 Å². The Morgan fingerprint density at radius 1 is 1.08 bits per heavy atom. The molecule has 9 heteroatoms. The smallest absolute Gasteiger partial charge is 0.317 e. The molecule has 136 valence electrons. The number of phenols is 1. The predicted octanol–water partition coefficient (Wildman–Crippen LogP) is 0.652. The molecule has 3 rings (SSSR count). The number of benzene rings is 1. The number of piperazine rings is 1. The summed E-state index contributed by atoms with van der Waals surface area (Å²) in [7, 11) is 0. The maximum atomic E-state index is 12.2. The molecule has 2 aromatic rings. The van der Waals surface area contributed by atoms with Crippen LogP contribution in [0.15, 0.2) is 42.7 Å². The van der Waals surface area contributed by atoms with Gasteiger partial charge in [0.25, 0.3) is 0 Å². The van der Waals surface area contributed by atoms with Gasteiger partial charge in [-0.1, -0.05) is 6.07 Å². The molecule has 1 saturated heterocycles. The first kappa shape index (κ1) is 17.5. The molecule has 1 aromatic heterocycles. The van der Waals surface area contributed by atoms with Crippen LogP contribution in [0.3, 0.4) is 0 Å². The fraction of sp³-hybridized carbons (Fsp3) is 0.294. The summed E-state index contributed by atoms with van der Waals surface area (Å²) >= 11 is 0. The van der Waals surface area contributed by atoms with E-state index in [4.69, 9.17) is 0 Å². The van der Waals surface area contributed by atoms with Crippen LogP contribution in [-0.2, 0) is 4.79 Å². The quantitative estimate of drug-likeness (QED) is 0.742. The number of carbonyl (C=O) groups is 2. The molecule has 2 heterocycles. The van der Waals surface area contributed by atoms with Crippen molar-refractivity contribution in [2.45, 2.75) is 0 Å². The van der Waals surface area contributed by atoms with Crippen LogP contribution in [0, 0.1) is 0 Å².